The summed E-state index contributed by atoms with van der Waals surface area (Å²) in [5.41, 5.74) is 2.72. The van der Waals surface area contributed by atoms with Crippen LogP contribution in [0.2, 0.25) is 10.0 Å². The fraction of sp³-hybridized carbons (Fsp3) is 0.176. The molecule has 0 spiro atoms. The average Bonchev–Trinajstić information content (AvgIpc) is 2.53. The number of benzene rings is 2. The molecular weight excluding hydrogens is 335 g/mol. The van der Waals surface area contributed by atoms with Crippen molar-refractivity contribution in [1.29, 1.82) is 0 Å². The minimum atomic E-state index is 0.0634. The number of aliphatic imine (C=N–C) groups is 2. The Morgan fingerprint density at radius 1 is 0.913 bits per heavy atom. The summed E-state index contributed by atoms with van der Waals surface area (Å²) in [5.74, 6) is 0.0634. The molecule has 2 aromatic carbocycles. The Labute approximate surface area is 143 Å². The third-order valence-electron chi connectivity index (χ3n) is 3.49. The van der Waals surface area contributed by atoms with Crippen molar-refractivity contribution in [3.05, 3.63) is 57.6 Å². The standard InChI is InChI=1S/C17H12Cl2N2O2/c1-2-13(11-3-5-16(20-9-22)14(18)7-11)12-4-6-17(21-10-23)15(19)8-12/h3-8,13H,2H2,1H3. The number of rotatable bonds is 5. The number of isocyanates is 2. The van der Waals surface area contributed by atoms with Crippen molar-refractivity contribution in [2.75, 3.05) is 0 Å². The molecule has 2 rings (SSSR count). The fourth-order valence-electron chi connectivity index (χ4n) is 2.42. The molecule has 0 bridgehead atoms. The Kier molecular flexibility index (Phi) is 5.86. The van der Waals surface area contributed by atoms with E-state index in [0.717, 1.165) is 17.5 Å². The van der Waals surface area contributed by atoms with E-state index in [4.69, 9.17) is 23.2 Å². The van der Waals surface area contributed by atoms with Crippen molar-refractivity contribution >= 4 is 46.7 Å². The third kappa shape index (κ3) is 3.95. The second-order valence-electron chi connectivity index (χ2n) is 4.79. The zero-order valence-corrected chi connectivity index (χ0v) is 13.7. The van der Waals surface area contributed by atoms with Gasteiger partial charge < -0.3 is 0 Å². The predicted molar refractivity (Wildman–Crippen MR) is 90.6 cm³/mol. The molecule has 0 unspecified atom stereocenters. The molecule has 2 aromatic rings. The molecule has 6 heteroatoms. The van der Waals surface area contributed by atoms with E-state index in [2.05, 4.69) is 9.98 Å². The fourth-order valence-corrected chi connectivity index (χ4v) is 2.89. The van der Waals surface area contributed by atoms with Gasteiger partial charge in [-0.1, -0.05) is 42.3 Å². The SMILES string of the molecule is CCC(c1ccc(N=C=O)c(Cl)c1)c1ccc(N=C=O)c(Cl)c1. The Hall–Kier alpha value is -2.22. The normalized spacial score (nSPS) is 11.3. The monoisotopic (exact) mass is 346 g/mol. The first-order chi connectivity index (χ1) is 11.1. The van der Waals surface area contributed by atoms with Crippen LogP contribution in [0.4, 0.5) is 11.4 Å². The van der Waals surface area contributed by atoms with Crippen molar-refractivity contribution in [1.82, 2.24) is 0 Å². The molecule has 0 aliphatic carbocycles. The zero-order chi connectivity index (χ0) is 16.8. The van der Waals surface area contributed by atoms with Crippen LogP contribution in [0.15, 0.2) is 46.4 Å². The second-order valence-corrected chi connectivity index (χ2v) is 5.60. The van der Waals surface area contributed by atoms with Crippen molar-refractivity contribution < 1.29 is 9.59 Å². The minimum Gasteiger partial charge on any atom is -0.211 e. The van der Waals surface area contributed by atoms with E-state index in [9.17, 15) is 9.59 Å². The molecule has 0 aromatic heterocycles. The average molecular weight is 347 g/mol. The summed E-state index contributed by atoms with van der Waals surface area (Å²) in [7, 11) is 0. The van der Waals surface area contributed by atoms with E-state index in [1.807, 2.05) is 19.1 Å². The highest BCUT2D eigenvalue weighted by Crippen LogP contribution is 2.36. The van der Waals surface area contributed by atoms with Crippen molar-refractivity contribution in [2.24, 2.45) is 9.98 Å². The maximum Gasteiger partial charge on any atom is 0.240 e. The quantitative estimate of drug-likeness (QED) is 0.532. The molecule has 0 fully saturated rings. The lowest BCUT2D eigenvalue weighted by Crippen LogP contribution is -1.99. The highest BCUT2D eigenvalue weighted by atomic mass is 35.5. The van der Waals surface area contributed by atoms with Crippen molar-refractivity contribution in [2.45, 2.75) is 19.3 Å². The Balaban J connectivity index is 2.43. The maximum absolute atomic E-state index is 10.3. The molecule has 23 heavy (non-hydrogen) atoms. The summed E-state index contributed by atoms with van der Waals surface area (Å²) < 4.78 is 0. The highest BCUT2D eigenvalue weighted by molar-refractivity contribution is 6.33. The van der Waals surface area contributed by atoms with Crippen LogP contribution >= 0.6 is 23.2 Å². The van der Waals surface area contributed by atoms with E-state index in [1.54, 1.807) is 24.3 Å². The lowest BCUT2D eigenvalue weighted by atomic mass is 9.89. The van der Waals surface area contributed by atoms with Gasteiger partial charge in [-0.3, -0.25) is 0 Å². The van der Waals surface area contributed by atoms with Gasteiger partial charge in [0.1, 0.15) is 0 Å². The summed E-state index contributed by atoms with van der Waals surface area (Å²) in [5, 5.41) is 0.773. The summed E-state index contributed by atoms with van der Waals surface area (Å²) in [6.45, 7) is 2.04. The number of hydrogen-bond donors (Lipinski definition) is 0. The lowest BCUT2D eigenvalue weighted by Gasteiger charge is -2.17. The Morgan fingerprint density at radius 3 is 1.65 bits per heavy atom. The number of nitrogens with zero attached hydrogens (tertiary/aromatic N) is 2. The number of hydrogen-bond acceptors (Lipinski definition) is 4. The van der Waals surface area contributed by atoms with E-state index >= 15 is 0 Å². The summed E-state index contributed by atoms with van der Waals surface area (Å²) in [6, 6.07) is 10.6. The molecule has 0 aliphatic heterocycles. The summed E-state index contributed by atoms with van der Waals surface area (Å²) in [4.78, 5) is 27.8. The van der Waals surface area contributed by atoms with Gasteiger partial charge in [0, 0.05) is 5.92 Å². The first kappa shape index (κ1) is 17.1. The van der Waals surface area contributed by atoms with Crippen LogP contribution in [-0.2, 0) is 9.59 Å². The lowest BCUT2D eigenvalue weighted by molar-refractivity contribution is 0.564. The van der Waals surface area contributed by atoms with Gasteiger partial charge in [-0.2, -0.15) is 9.98 Å². The first-order valence-corrected chi connectivity index (χ1v) is 7.61. The van der Waals surface area contributed by atoms with Gasteiger partial charge in [0.05, 0.1) is 21.4 Å². The molecule has 0 atom stereocenters. The van der Waals surface area contributed by atoms with Crippen LogP contribution in [0.3, 0.4) is 0 Å². The van der Waals surface area contributed by atoms with Gasteiger partial charge >= 0.3 is 0 Å². The Bertz CT molecular complexity index is 756. The third-order valence-corrected chi connectivity index (χ3v) is 4.09. The van der Waals surface area contributed by atoms with Gasteiger partial charge in [0.2, 0.25) is 12.2 Å². The minimum absolute atomic E-state index is 0.0634. The van der Waals surface area contributed by atoms with E-state index < -0.39 is 0 Å². The van der Waals surface area contributed by atoms with Gasteiger partial charge in [-0.25, -0.2) is 9.59 Å². The molecule has 0 saturated heterocycles. The van der Waals surface area contributed by atoms with Gasteiger partial charge in [-0.05, 0) is 41.8 Å². The maximum atomic E-state index is 10.3. The highest BCUT2D eigenvalue weighted by Gasteiger charge is 2.15. The van der Waals surface area contributed by atoms with Crippen LogP contribution in [-0.4, -0.2) is 12.2 Å². The van der Waals surface area contributed by atoms with Crippen molar-refractivity contribution in [3.8, 4) is 0 Å². The topological polar surface area (TPSA) is 58.9 Å². The number of halogens is 2. The van der Waals surface area contributed by atoms with Crippen LogP contribution in [0, 0.1) is 0 Å². The molecule has 0 heterocycles. The van der Waals surface area contributed by atoms with Crippen LogP contribution in [0.5, 0.6) is 0 Å². The predicted octanol–water partition coefficient (Wildman–Crippen LogP) is 5.47. The molecule has 0 radical (unpaired) electrons. The van der Waals surface area contributed by atoms with Gasteiger partial charge in [-0.15, -0.1) is 0 Å². The Morgan fingerprint density at radius 2 is 1.35 bits per heavy atom. The molecule has 0 saturated carbocycles. The van der Waals surface area contributed by atoms with Crippen LogP contribution in [0.1, 0.15) is 30.4 Å². The van der Waals surface area contributed by atoms with Crippen LogP contribution in [0.25, 0.3) is 0 Å². The number of carbonyl (C=O) groups excluding carboxylic acids is 2. The molecule has 0 N–H and O–H groups in total. The van der Waals surface area contributed by atoms with Gasteiger partial charge in [0.25, 0.3) is 0 Å². The van der Waals surface area contributed by atoms with Crippen molar-refractivity contribution in [3.63, 3.8) is 0 Å². The van der Waals surface area contributed by atoms with E-state index in [-0.39, 0.29) is 5.92 Å². The molecule has 4 nitrogen and oxygen atoms in total. The molecular formula is C17H12Cl2N2O2. The zero-order valence-electron chi connectivity index (χ0n) is 12.2. The van der Waals surface area contributed by atoms with E-state index in [0.29, 0.717) is 21.4 Å². The molecule has 116 valence electrons. The van der Waals surface area contributed by atoms with Crippen LogP contribution < -0.4 is 0 Å². The summed E-state index contributed by atoms with van der Waals surface area (Å²) in [6.07, 6.45) is 3.77. The first-order valence-electron chi connectivity index (χ1n) is 6.85. The second kappa shape index (κ2) is 7.87. The molecule has 0 amide bonds. The molecule has 0 aliphatic rings. The smallest absolute Gasteiger partial charge is 0.211 e. The van der Waals surface area contributed by atoms with E-state index in [1.165, 1.54) is 12.2 Å². The van der Waals surface area contributed by atoms with Gasteiger partial charge in [0.15, 0.2) is 0 Å². The summed E-state index contributed by atoms with van der Waals surface area (Å²) >= 11 is 12.3. The largest absolute Gasteiger partial charge is 0.240 e.